The molecule has 1 aromatic carbocycles. The van der Waals surface area contributed by atoms with E-state index in [-0.39, 0.29) is 24.2 Å². The van der Waals surface area contributed by atoms with Crippen LogP contribution in [-0.2, 0) is 28.5 Å². The molecule has 0 aliphatic carbocycles. The van der Waals surface area contributed by atoms with Crippen molar-refractivity contribution in [1.82, 2.24) is 0 Å². The van der Waals surface area contributed by atoms with Crippen molar-refractivity contribution >= 4 is 12.0 Å². The van der Waals surface area contributed by atoms with E-state index >= 15 is 0 Å². The summed E-state index contributed by atoms with van der Waals surface area (Å²) in [5.74, 6) is -1.53. The molecule has 13 nitrogen and oxygen atoms in total. The number of esters is 1. The van der Waals surface area contributed by atoms with Gasteiger partial charge in [0.05, 0.1) is 19.3 Å². The Kier molecular flexibility index (Phi) is 10.5. The molecule has 7 N–H and O–H groups in total. The van der Waals surface area contributed by atoms with Crippen molar-refractivity contribution in [3.63, 3.8) is 0 Å². The second kappa shape index (κ2) is 13.2. The third-order valence-electron chi connectivity index (χ3n) is 6.34. The van der Waals surface area contributed by atoms with Crippen LogP contribution >= 0.6 is 0 Å². The Labute approximate surface area is 219 Å². The third kappa shape index (κ3) is 7.40. The molecule has 9 atom stereocenters. The molecule has 0 saturated carbocycles. The maximum absolute atomic E-state index is 12.0. The molecule has 2 aliphatic heterocycles. The molecule has 1 aromatic rings. The highest BCUT2D eigenvalue weighted by atomic mass is 16.7. The number of aliphatic hydroxyl groups is 5. The summed E-state index contributed by atoms with van der Waals surface area (Å²) in [4.78, 5) is 12.0. The van der Waals surface area contributed by atoms with Crippen LogP contribution in [0.25, 0.3) is 6.08 Å². The smallest absolute Gasteiger partial charge is 0.330 e. The van der Waals surface area contributed by atoms with Gasteiger partial charge in [0.15, 0.2) is 29.7 Å². The standard InChI is InChI=1S/C25H36O13/c1-3-4-13(2)37-23-21(31)20(30)19(29)17(38-23)10-34-24-22(32)25(33,12-36-24)11-35-18(28)8-6-14-5-7-15(26)16(27)9-14/h5-9,13,17,19-24,26-27,29-33H,3-4,10-12H2,1-2H3/t13-,17+,19+,20-,21+,22-,23+,24+,25+/m0/s1. The van der Waals surface area contributed by atoms with E-state index in [1.54, 1.807) is 6.92 Å². The predicted molar refractivity (Wildman–Crippen MR) is 129 cm³/mol. The highest BCUT2D eigenvalue weighted by Crippen LogP contribution is 2.29. The molecular formula is C25H36O13. The van der Waals surface area contributed by atoms with Crippen molar-refractivity contribution in [2.45, 2.75) is 81.5 Å². The van der Waals surface area contributed by atoms with Gasteiger partial charge in [-0.3, -0.25) is 0 Å². The van der Waals surface area contributed by atoms with E-state index in [0.29, 0.717) is 12.0 Å². The molecule has 214 valence electrons. The number of phenols is 2. The number of rotatable bonds is 11. The first-order chi connectivity index (χ1) is 17.9. The molecular weight excluding hydrogens is 508 g/mol. The number of hydrogen-bond donors (Lipinski definition) is 7. The van der Waals surface area contributed by atoms with Gasteiger partial charge in [-0.25, -0.2) is 4.79 Å². The van der Waals surface area contributed by atoms with Crippen molar-refractivity contribution in [3.05, 3.63) is 29.8 Å². The van der Waals surface area contributed by atoms with Gasteiger partial charge in [-0.1, -0.05) is 19.4 Å². The topological polar surface area (TPSA) is 205 Å². The Morgan fingerprint density at radius 2 is 1.87 bits per heavy atom. The molecule has 0 aromatic heterocycles. The zero-order chi connectivity index (χ0) is 28.0. The van der Waals surface area contributed by atoms with Crippen LogP contribution in [0.3, 0.4) is 0 Å². The summed E-state index contributed by atoms with van der Waals surface area (Å²) in [7, 11) is 0. The van der Waals surface area contributed by atoms with Crippen molar-refractivity contribution in [3.8, 4) is 11.5 Å². The van der Waals surface area contributed by atoms with E-state index in [1.807, 2.05) is 6.92 Å². The van der Waals surface area contributed by atoms with Gasteiger partial charge in [0.1, 0.15) is 37.1 Å². The Morgan fingerprint density at radius 3 is 2.55 bits per heavy atom. The summed E-state index contributed by atoms with van der Waals surface area (Å²) in [6, 6.07) is 3.93. The molecule has 0 amide bonds. The first-order valence-corrected chi connectivity index (χ1v) is 12.3. The highest BCUT2D eigenvalue weighted by Gasteiger charge is 2.51. The second-order valence-corrected chi connectivity index (χ2v) is 9.50. The quantitative estimate of drug-likeness (QED) is 0.103. The van der Waals surface area contributed by atoms with Gasteiger partial charge in [0.25, 0.3) is 0 Å². The summed E-state index contributed by atoms with van der Waals surface area (Å²) in [6.07, 6.45) is -6.34. The average molecular weight is 545 g/mol. The number of aromatic hydroxyl groups is 2. The summed E-state index contributed by atoms with van der Waals surface area (Å²) in [6.45, 7) is 2.30. The molecule has 2 saturated heterocycles. The first-order valence-electron chi connectivity index (χ1n) is 12.3. The third-order valence-corrected chi connectivity index (χ3v) is 6.34. The van der Waals surface area contributed by atoms with Gasteiger partial charge >= 0.3 is 5.97 Å². The maximum Gasteiger partial charge on any atom is 0.330 e. The van der Waals surface area contributed by atoms with E-state index < -0.39 is 67.9 Å². The number of carbonyl (C=O) groups excluding carboxylic acids is 1. The Hall–Kier alpha value is -2.33. The monoisotopic (exact) mass is 544 g/mol. The molecule has 13 heteroatoms. The lowest BCUT2D eigenvalue weighted by Crippen LogP contribution is -2.60. The largest absolute Gasteiger partial charge is 0.504 e. The van der Waals surface area contributed by atoms with Crippen LogP contribution in [0.1, 0.15) is 32.3 Å². The fourth-order valence-corrected chi connectivity index (χ4v) is 4.04. The molecule has 38 heavy (non-hydrogen) atoms. The van der Waals surface area contributed by atoms with Gasteiger partial charge < -0.3 is 59.4 Å². The van der Waals surface area contributed by atoms with Gasteiger partial charge in [0, 0.05) is 6.08 Å². The molecule has 0 bridgehead atoms. The predicted octanol–water partition coefficient (Wildman–Crippen LogP) is -0.868. The fourth-order valence-electron chi connectivity index (χ4n) is 4.04. The van der Waals surface area contributed by atoms with E-state index in [2.05, 4.69) is 0 Å². The summed E-state index contributed by atoms with van der Waals surface area (Å²) in [5, 5.41) is 70.7. The minimum absolute atomic E-state index is 0.274. The van der Waals surface area contributed by atoms with Crippen LogP contribution in [0, 0.1) is 0 Å². The Bertz CT molecular complexity index is 955. The molecule has 0 spiro atoms. The average Bonchev–Trinajstić information content (AvgIpc) is 3.16. The van der Waals surface area contributed by atoms with Crippen LogP contribution < -0.4 is 0 Å². The normalized spacial score (nSPS) is 34.4. The van der Waals surface area contributed by atoms with Crippen LogP contribution in [-0.4, -0.2) is 116 Å². The van der Waals surface area contributed by atoms with Gasteiger partial charge in [-0.05, 0) is 37.1 Å². The SMILES string of the molecule is CCC[C@H](C)O[C@@H]1O[C@H](CO[C@@H]2OC[C@](O)(COC(=O)C=Cc3ccc(O)c(O)c3)[C@H]2O)[C@@H](O)[C@H](O)[C@H]1O. The molecule has 0 radical (unpaired) electrons. The Morgan fingerprint density at radius 1 is 1.13 bits per heavy atom. The highest BCUT2D eigenvalue weighted by molar-refractivity contribution is 5.87. The Balaban J connectivity index is 1.50. The first kappa shape index (κ1) is 30.2. The lowest BCUT2D eigenvalue weighted by molar-refractivity contribution is -0.317. The van der Waals surface area contributed by atoms with Crippen molar-refractivity contribution in [2.75, 3.05) is 19.8 Å². The van der Waals surface area contributed by atoms with Crippen molar-refractivity contribution in [2.24, 2.45) is 0 Å². The number of carbonyl (C=O) groups is 1. The van der Waals surface area contributed by atoms with Crippen LogP contribution in [0.5, 0.6) is 11.5 Å². The number of phenolic OH excluding ortho intramolecular Hbond substituents is 2. The summed E-state index contributed by atoms with van der Waals surface area (Å²) >= 11 is 0. The van der Waals surface area contributed by atoms with Crippen LogP contribution in [0.15, 0.2) is 24.3 Å². The van der Waals surface area contributed by atoms with Crippen molar-refractivity contribution < 1.29 is 64.2 Å². The molecule has 3 rings (SSSR count). The number of hydrogen-bond acceptors (Lipinski definition) is 13. The molecule has 2 fully saturated rings. The van der Waals surface area contributed by atoms with Crippen LogP contribution in [0.2, 0.25) is 0 Å². The summed E-state index contributed by atoms with van der Waals surface area (Å²) in [5.41, 5.74) is -1.58. The van der Waals surface area contributed by atoms with Crippen LogP contribution in [0.4, 0.5) is 0 Å². The minimum atomic E-state index is -1.99. The van der Waals surface area contributed by atoms with Gasteiger partial charge in [-0.15, -0.1) is 0 Å². The lowest BCUT2D eigenvalue weighted by atomic mass is 9.99. The van der Waals surface area contributed by atoms with Gasteiger partial charge in [-0.2, -0.15) is 0 Å². The molecule has 2 aliphatic rings. The number of ether oxygens (including phenoxy) is 5. The summed E-state index contributed by atoms with van der Waals surface area (Å²) < 4.78 is 27.0. The second-order valence-electron chi connectivity index (χ2n) is 9.50. The molecule has 0 unspecified atom stereocenters. The maximum atomic E-state index is 12.0. The molecule has 2 heterocycles. The number of benzene rings is 1. The fraction of sp³-hybridized carbons (Fsp3) is 0.640. The zero-order valence-corrected chi connectivity index (χ0v) is 21.1. The van der Waals surface area contributed by atoms with E-state index in [1.165, 1.54) is 24.3 Å². The van der Waals surface area contributed by atoms with E-state index in [9.17, 15) is 40.5 Å². The lowest BCUT2D eigenvalue weighted by Gasteiger charge is -2.41. The zero-order valence-electron chi connectivity index (χ0n) is 21.1. The van der Waals surface area contributed by atoms with E-state index in [4.69, 9.17) is 23.7 Å². The van der Waals surface area contributed by atoms with Gasteiger partial charge in [0.2, 0.25) is 0 Å². The minimum Gasteiger partial charge on any atom is -0.504 e. The number of aliphatic hydroxyl groups excluding tert-OH is 4. The van der Waals surface area contributed by atoms with E-state index in [0.717, 1.165) is 12.5 Å². The van der Waals surface area contributed by atoms with Crippen molar-refractivity contribution in [1.29, 1.82) is 0 Å².